The van der Waals surface area contributed by atoms with Crippen LogP contribution in [0.5, 0.6) is 0 Å². The van der Waals surface area contributed by atoms with Gasteiger partial charge in [0, 0.05) is 30.1 Å². The van der Waals surface area contributed by atoms with Gasteiger partial charge in [-0.15, -0.1) is 11.3 Å². The molecule has 1 fully saturated rings. The predicted molar refractivity (Wildman–Crippen MR) is 94.1 cm³/mol. The topological polar surface area (TPSA) is 75.8 Å². The standard InChI is InChI=1S/C12H16N2O3S.C6H4F2/c13-8-2-9(6-17-5-8)14-3-7-1-10(12(15)16)18-11(7)4-14;7-5-1-2-6(8)4-3-5/h1,8-9H,2-6,13H2,(H,15,16);1-4H/t8?,9-;/m1./s1. The van der Waals surface area contributed by atoms with Crippen LogP contribution < -0.4 is 5.73 Å². The Hall–Kier alpha value is -1.87. The molecular weight excluding hydrogens is 362 g/mol. The molecule has 2 atom stereocenters. The van der Waals surface area contributed by atoms with E-state index in [-0.39, 0.29) is 6.04 Å². The molecule has 2 aliphatic heterocycles. The van der Waals surface area contributed by atoms with E-state index in [0.717, 1.165) is 55.9 Å². The smallest absolute Gasteiger partial charge is 0.345 e. The highest BCUT2D eigenvalue weighted by Gasteiger charge is 2.31. The van der Waals surface area contributed by atoms with E-state index in [0.29, 0.717) is 17.5 Å². The number of hydrogen-bond acceptors (Lipinski definition) is 5. The van der Waals surface area contributed by atoms with Crippen LogP contribution >= 0.6 is 11.3 Å². The second kappa shape index (κ2) is 8.22. The Morgan fingerprint density at radius 3 is 2.38 bits per heavy atom. The number of rotatable bonds is 2. The van der Waals surface area contributed by atoms with Crippen LogP contribution in [-0.2, 0) is 17.8 Å². The molecule has 0 saturated carbocycles. The number of nitrogens with two attached hydrogens (primary N) is 1. The van der Waals surface area contributed by atoms with E-state index in [4.69, 9.17) is 15.6 Å². The normalized spacial score (nSPS) is 22.4. The number of nitrogens with zero attached hydrogens (tertiary/aromatic N) is 1. The third kappa shape index (κ3) is 4.64. The molecule has 2 aliphatic rings. The average Bonchev–Trinajstić information content (AvgIpc) is 3.17. The number of ether oxygens (including phenoxy) is 1. The van der Waals surface area contributed by atoms with Crippen molar-refractivity contribution in [2.24, 2.45) is 5.73 Å². The predicted octanol–water partition coefficient (Wildman–Crippen LogP) is 2.84. The lowest BCUT2D eigenvalue weighted by molar-refractivity contribution is 0.00562. The number of carboxylic acid groups (broad SMARTS) is 1. The zero-order chi connectivity index (χ0) is 18.7. The Balaban J connectivity index is 0.000000206. The van der Waals surface area contributed by atoms with Crippen LogP contribution in [0.4, 0.5) is 8.78 Å². The lowest BCUT2D eigenvalue weighted by Gasteiger charge is -2.33. The summed E-state index contributed by atoms with van der Waals surface area (Å²) in [5.74, 6) is -1.65. The van der Waals surface area contributed by atoms with Gasteiger partial charge in [-0.2, -0.15) is 0 Å². The Morgan fingerprint density at radius 2 is 1.85 bits per heavy atom. The van der Waals surface area contributed by atoms with Gasteiger partial charge in [-0.3, -0.25) is 4.90 Å². The molecule has 8 heteroatoms. The molecule has 0 amide bonds. The molecule has 1 unspecified atom stereocenters. The third-order valence-electron chi connectivity index (χ3n) is 4.36. The van der Waals surface area contributed by atoms with E-state index in [1.54, 1.807) is 6.07 Å². The molecule has 0 radical (unpaired) electrons. The van der Waals surface area contributed by atoms with Crippen molar-refractivity contribution in [1.82, 2.24) is 4.90 Å². The van der Waals surface area contributed by atoms with Crippen molar-refractivity contribution < 1.29 is 23.4 Å². The van der Waals surface area contributed by atoms with Gasteiger partial charge >= 0.3 is 5.97 Å². The van der Waals surface area contributed by atoms with Crippen LogP contribution in [0.25, 0.3) is 0 Å². The molecule has 0 bridgehead atoms. The van der Waals surface area contributed by atoms with Crippen molar-refractivity contribution in [1.29, 1.82) is 0 Å². The molecule has 0 spiro atoms. The Bertz CT molecular complexity index is 722. The Kier molecular flexibility index (Phi) is 5.98. The molecule has 2 aromatic rings. The number of hydrogen-bond donors (Lipinski definition) is 2. The maximum atomic E-state index is 11.9. The second-order valence-corrected chi connectivity index (χ2v) is 7.53. The summed E-state index contributed by atoms with van der Waals surface area (Å²) in [7, 11) is 0. The average molecular weight is 382 g/mol. The van der Waals surface area contributed by atoms with Gasteiger partial charge < -0.3 is 15.6 Å². The summed E-state index contributed by atoms with van der Waals surface area (Å²) in [5.41, 5.74) is 7.06. The van der Waals surface area contributed by atoms with E-state index in [9.17, 15) is 13.6 Å². The summed E-state index contributed by atoms with van der Waals surface area (Å²) < 4.78 is 29.3. The maximum Gasteiger partial charge on any atom is 0.345 e. The van der Waals surface area contributed by atoms with Crippen LogP contribution in [0, 0.1) is 11.6 Å². The van der Waals surface area contributed by atoms with Crippen molar-refractivity contribution in [3.8, 4) is 0 Å². The molecule has 26 heavy (non-hydrogen) atoms. The quantitative estimate of drug-likeness (QED) is 0.835. The van der Waals surface area contributed by atoms with Crippen LogP contribution in [-0.4, -0.2) is 41.3 Å². The molecule has 1 aromatic heterocycles. The number of carbonyl (C=O) groups is 1. The maximum absolute atomic E-state index is 11.9. The van der Waals surface area contributed by atoms with E-state index < -0.39 is 17.6 Å². The molecule has 0 aliphatic carbocycles. The number of carboxylic acids is 1. The summed E-state index contributed by atoms with van der Waals surface area (Å²) >= 11 is 1.39. The first kappa shape index (κ1) is 18.9. The van der Waals surface area contributed by atoms with Crippen molar-refractivity contribution >= 4 is 17.3 Å². The zero-order valence-electron chi connectivity index (χ0n) is 14.0. The number of fused-ring (bicyclic) bond motifs is 1. The fraction of sp³-hybridized carbons (Fsp3) is 0.389. The molecule has 3 N–H and O–H groups in total. The summed E-state index contributed by atoms with van der Waals surface area (Å²) in [6.45, 7) is 3.03. The fourth-order valence-electron chi connectivity index (χ4n) is 3.08. The minimum absolute atomic E-state index is 0.122. The monoisotopic (exact) mass is 382 g/mol. The van der Waals surface area contributed by atoms with Gasteiger partial charge in [0.15, 0.2) is 0 Å². The van der Waals surface area contributed by atoms with Crippen molar-refractivity contribution in [3.05, 3.63) is 57.3 Å². The van der Waals surface area contributed by atoms with Gasteiger partial charge in [0.2, 0.25) is 0 Å². The van der Waals surface area contributed by atoms with Gasteiger partial charge in [0.05, 0.1) is 13.2 Å². The number of aromatic carboxylic acids is 1. The van der Waals surface area contributed by atoms with Crippen LogP contribution in [0.3, 0.4) is 0 Å². The largest absolute Gasteiger partial charge is 0.477 e. The second-order valence-electron chi connectivity index (χ2n) is 6.39. The molecular formula is C18H20F2N2O3S. The Labute approximate surface area is 154 Å². The lowest BCUT2D eigenvalue weighted by Crippen LogP contribution is -2.46. The SMILES string of the molecule is Fc1ccc(F)cc1.NC1COC[C@H](N2Cc3cc(C(=O)O)sc3C2)C1. The molecule has 4 rings (SSSR count). The van der Waals surface area contributed by atoms with Gasteiger partial charge in [0.25, 0.3) is 0 Å². The van der Waals surface area contributed by atoms with E-state index in [1.165, 1.54) is 16.2 Å². The lowest BCUT2D eigenvalue weighted by atomic mass is 10.1. The fourth-order valence-corrected chi connectivity index (χ4v) is 4.12. The zero-order valence-corrected chi connectivity index (χ0v) is 14.8. The molecule has 5 nitrogen and oxygen atoms in total. The van der Waals surface area contributed by atoms with Crippen molar-refractivity contribution in [2.75, 3.05) is 13.2 Å². The molecule has 1 aromatic carbocycles. The molecule has 3 heterocycles. The van der Waals surface area contributed by atoms with Gasteiger partial charge in [-0.25, -0.2) is 13.6 Å². The van der Waals surface area contributed by atoms with Crippen LogP contribution in [0.15, 0.2) is 30.3 Å². The summed E-state index contributed by atoms with van der Waals surface area (Å²) in [4.78, 5) is 14.8. The van der Waals surface area contributed by atoms with Gasteiger partial charge in [0.1, 0.15) is 16.5 Å². The van der Waals surface area contributed by atoms with Crippen LogP contribution in [0.1, 0.15) is 26.5 Å². The highest BCUT2D eigenvalue weighted by molar-refractivity contribution is 7.14. The first-order valence-electron chi connectivity index (χ1n) is 8.25. The number of thiophene rings is 1. The van der Waals surface area contributed by atoms with Crippen molar-refractivity contribution in [2.45, 2.75) is 31.6 Å². The van der Waals surface area contributed by atoms with E-state index >= 15 is 0 Å². The number of halogens is 2. The first-order valence-corrected chi connectivity index (χ1v) is 9.07. The summed E-state index contributed by atoms with van der Waals surface area (Å²) in [5, 5.41) is 8.95. The summed E-state index contributed by atoms with van der Waals surface area (Å²) in [6, 6.07) is 6.60. The summed E-state index contributed by atoms with van der Waals surface area (Å²) in [6.07, 6.45) is 0.959. The van der Waals surface area contributed by atoms with E-state index in [2.05, 4.69) is 4.90 Å². The number of benzene rings is 1. The highest BCUT2D eigenvalue weighted by Crippen LogP contribution is 2.33. The van der Waals surface area contributed by atoms with Crippen molar-refractivity contribution in [3.63, 3.8) is 0 Å². The van der Waals surface area contributed by atoms with Crippen LogP contribution in [0.2, 0.25) is 0 Å². The Morgan fingerprint density at radius 1 is 1.19 bits per heavy atom. The minimum Gasteiger partial charge on any atom is -0.477 e. The molecule has 140 valence electrons. The first-order chi connectivity index (χ1) is 12.4. The van der Waals surface area contributed by atoms with E-state index in [1.807, 2.05) is 0 Å². The minimum atomic E-state index is -0.830. The van der Waals surface area contributed by atoms with Gasteiger partial charge in [-0.1, -0.05) is 0 Å². The third-order valence-corrected chi connectivity index (χ3v) is 5.51. The molecule has 1 saturated heterocycles. The van der Waals surface area contributed by atoms with Gasteiger partial charge in [-0.05, 0) is 42.3 Å². The highest BCUT2D eigenvalue weighted by atomic mass is 32.1.